The summed E-state index contributed by atoms with van der Waals surface area (Å²) in [5, 5.41) is 0. The van der Waals surface area contributed by atoms with Crippen LogP contribution in [-0.2, 0) is 35.2 Å². The summed E-state index contributed by atoms with van der Waals surface area (Å²) in [5.74, 6) is -0.668. The summed E-state index contributed by atoms with van der Waals surface area (Å²) in [4.78, 5) is 23.0. The Morgan fingerprint density at radius 1 is 1.08 bits per heavy atom. The quantitative estimate of drug-likeness (QED) is 0.338. The monoisotopic (exact) mass is 370 g/mol. The molecule has 140 valence electrons. The summed E-state index contributed by atoms with van der Waals surface area (Å²) < 4.78 is 33.9. The summed E-state index contributed by atoms with van der Waals surface area (Å²) in [5.41, 5.74) is -0.230. The van der Waals surface area contributed by atoms with Gasteiger partial charge in [-0.05, 0) is 39.2 Å². The zero-order valence-electron chi connectivity index (χ0n) is 15.0. The lowest BCUT2D eigenvalue weighted by molar-refractivity contribution is -0.156. The van der Waals surface area contributed by atoms with Gasteiger partial charge in [-0.25, -0.2) is 0 Å². The molecule has 0 aliphatic rings. The van der Waals surface area contributed by atoms with Crippen molar-refractivity contribution < 1.29 is 26.9 Å². The number of carbonyl (C=O) groups excluding carboxylic acids is 2. The van der Waals surface area contributed by atoms with Crippen molar-refractivity contribution in [3.05, 3.63) is 35.9 Å². The molecule has 0 spiro atoms. The normalized spacial score (nSPS) is 12.0. The van der Waals surface area contributed by atoms with Crippen LogP contribution in [0.3, 0.4) is 0 Å². The SMILES string of the molecule is CC(=O)CCCCS(=O)(=O)OCC(C)(C)C(=O)OCc1ccccc1. The summed E-state index contributed by atoms with van der Waals surface area (Å²) in [6, 6.07) is 9.22. The van der Waals surface area contributed by atoms with Crippen molar-refractivity contribution in [1.82, 2.24) is 0 Å². The lowest BCUT2D eigenvalue weighted by atomic mass is 9.95. The molecule has 1 aromatic rings. The number of esters is 1. The van der Waals surface area contributed by atoms with Gasteiger partial charge in [0.2, 0.25) is 0 Å². The highest BCUT2D eigenvalue weighted by molar-refractivity contribution is 7.86. The molecule has 0 saturated heterocycles. The number of carbonyl (C=O) groups is 2. The van der Waals surface area contributed by atoms with E-state index in [1.165, 1.54) is 6.92 Å². The minimum absolute atomic E-state index is 0.0283. The van der Waals surface area contributed by atoms with Gasteiger partial charge in [-0.3, -0.25) is 8.98 Å². The largest absolute Gasteiger partial charge is 0.460 e. The molecular formula is C18H26O6S. The third-order valence-corrected chi connectivity index (χ3v) is 4.80. The fourth-order valence-electron chi connectivity index (χ4n) is 1.93. The van der Waals surface area contributed by atoms with Gasteiger partial charge in [0.25, 0.3) is 10.1 Å². The second-order valence-corrected chi connectivity index (χ2v) is 8.39. The van der Waals surface area contributed by atoms with Crippen LogP contribution in [0.2, 0.25) is 0 Å². The molecule has 1 aromatic carbocycles. The van der Waals surface area contributed by atoms with Gasteiger partial charge in [0.1, 0.15) is 12.4 Å². The molecule has 0 fully saturated rings. The van der Waals surface area contributed by atoms with Crippen LogP contribution in [-0.4, -0.2) is 32.5 Å². The average Bonchev–Trinajstić information content (AvgIpc) is 2.56. The Kier molecular flexibility index (Phi) is 8.25. The van der Waals surface area contributed by atoms with Crippen molar-refractivity contribution in [3.63, 3.8) is 0 Å². The zero-order chi connectivity index (χ0) is 18.9. The Morgan fingerprint density at radius 2 is 1.72 bits per heavy atom. The molecule has 0 N–H and O–H groups in total. The van der Waals surface area contributed by atoms with E-state index in [0.717, 1.165) is 5.56 Å². The standard InChI is InChI=1S/C18H26O6S/c1-15(19)9-7-8-12-25(21,22)24-14-18(2,3)17(20)23-13-16-10-5-4-6-11-16/h4-6,10-11H,7-9,12-14H2,1-3H3. The molecule has 0 atom stereocenters. The first-order valence-corrected chi connectivity index (χ1v) is 9.78. The second-order valence-electron chi connectivity index (χ2n) is 6.63. The molecule has 0 aromatic heterocycles. The predicted molar refractivity (Wildman–Crippen MR) is 94.3 cm³/mol. The highest BCUT2D eigenvalue weighted by atomic mass is 32.2. The third-order valence-electron chi connectivity index (χ3n) is 3.54. The van der Waals surface area contributed by atoms with Gasteiger partial charge in [0.15, 0.2) is 0 Å². The van der Waals surface area contributed by atoms with Gasteiger partial charge in [0, 0.05) is 6.42 Å². The molecule has 0 amide bonds. The molecule has 25 heavy (non-hydrogen) atoms. The van der Waals surface area contributed by atoms with Crippen molar-refractivity contribution in [1.29, 1.82) is 0 Å². The molecule has 0 saturated carbocycles. The first kappa shape index (κ1) is 21.3. The van der Waals surface area contributed by atoms with Gasteiger partial charge in [-0.1, -0.05) is 30.3 Å². The minimum Gasteiger partial charge on any atom is -0.460 e. The highest BCUT2D eigenvalue weighted by Crippen LogP contribution is 2.20. The Morgan fingerprint density at radius 3 is 2.32 bits per heavy atom. The van der Waals surface area contributed by atoms with E-state index in [0.29, 0.717) is 19.3 Å². The molecule has 0 bridgehead atoms. The van der Waals surface area contributed by atoms with E-state index in [9.17, 15) is 18.0 Å². The average molecular weight is 370 g/mol. The van der Waals surface area contributed by atoms with Crippen LogP contribution in [0, 0.1) is 5.41 Å². The first-order chi connectivity index (χ1) is 11.6. The number of unbranched alkanes of at least 4 members (excludes halogenated alkanes) is 1. The molecule has 1 rings (SSSR count). The number of Topliss-reactive ketones (excluding diaryl/α,β-unsaturated/α-hetero) is 1. The molecule has 0 heterocycles. The fraction of sp³-hybridized carbons (Fsp3) is 0.556. The third kappa shape index (κ3) is 8.79. The maximum Gasteiger partial charge on any atom is 0.314 e. The summed E-state index contributed by atoms with van der Waals surface area (Å²) in [7, 11) is -3.73. The first-order valence-electron chi connectivity index (χ1n) is 8.20. The van der Waals surface area contributed by atoms with Crippen LogP contribution in [0.25, 0.3) is 0 Å². The van der Waals surface area contributed by atoms with Crippen molar-refractivity contribution in [2.45, 2.75) is 46.6 Å². The molecular weight excluding hydrogens is 344 g/mol. The number of hydrogen-bond acceptors (Lipinski definition) is 6. The van der Waals surface area contributed by atoms with Crippen LogP contribution in [0.4, 0.5) is 0 Å². The second kappa shape index (κ2) is 9.68. The highest BCUT2D eigenvalue weighted by Gasteiger charge is 2.32. The molecule has 0 radical (unpaired) electrons. The van der Waals surface area contributed by atoms with Crippen molar-refractivity contribution in [2.75, 3.05) is 12.4 Å². The molecule has 7 heteroatoms. The van der Waals surface area contributed by atoms with Crippen LogP contribution in [0.1, 0.15) is 45.6 Å². The maximum atomic E-state index is 12.2. The van der Waals surface area contributed by atoms with Crippen molar-refractivity contribution in [3.8, 4) is 0 Å². The van der Waals surface area contributed by atoms with Crippen LogP contribution in [0.5, 0.6) is 0 Å². The maximum absolute atomic E-state index is 12.2. The predicted octanol–water partition coefficient (Wildman–Crippen LogP) is 2.86. The van der Waals surface area contributed by atoms with E-state index < -0.39 is 21.5 Å². The summed E-state index contributed by atoms with van der Waals surface area (Å²) in [6.45, 7) is 4.46. The van der Waals surface area contributed by atoms with Crippen LogP contribution < -0.4 is 0 Å². The Hall–Kier alpha value is -1.73. The van der Waals surface area contributed by atoms with E-state index in [1.54, 1.807) is 13.8 Å². The van der Waals surface area contributed by atoms with E-state index in [1.807, 2.05) is 30.3 Å². The number of ketones is 1. The van der Waals surface area contributed by atoms with Crippen molar-refractivity contribution >= 4 is 21.9 Å². The molecule has 0 aliphatic heterocycles. The van der Waals surface area contributed by atoms with Crippen LogP contribution >= 0.6 is 0 Å². The summed E-state index contributed by atoms with van der Waals surface area (Å²) >= 11 is 0. The topological polar surface area (TPSA) is 86.7 Å². The summed E-state index contributed by atoms with van der Waals surface area (Å²) in [6.07, 6.45) is 1.20. The van der Waals surface area contributed by atoms with E-state index in [4.69, 9.17) is 8.92 Å². The number of ether oxygens (including phenoxy) is 1. The lowest BCUT2D eigenvalue weighted by Crippen LogP contribution is -2.33. The number of hydrogen-bond donors (Lipinski definition) is 0. The van der Waals surface area contributed by atoms with Gasteiger partial charge in [0.05, 0.1) is 17.8 Å². The molecule has 6 nitrogen and oxygen atoms in total. The van der Waals surface area contributed by atoms with E-state index in [-0.39, 0.29) is 24.7 Å². The van der Waals surface area contributed by atoms with Crippen LogP contribution in [0.15, 0.2) is 30.3 Å². The van der Waals surface area contributed by atoms with Gasteiger partial charge >= 0.3 is 5.97 Å². The van der Waals surface area contributed by atoms with E-state index >= 15 is 0 Å². The van der Waals surface area contributed by atoms with Gasteiger partial charge in [-0.15, -0.1) is 0 Å². The van der Waals surface area contributed by atoms with Crippen molar-refractivity contribution in [2.24, 2.45) is 5.41 Å². The number of benzene rings is 1. The lowest BCUT2D eigenvalue weighted by Gasteiger charge is -2.22. The van der Waals surface area contributed by atoms with E-state index in [2.05, 4.69) is 0 Å². The van der Waals surface area contributed by atoms with Gasteiger partial charge < -0.3 is 9.53 Å². The number of rotatable bonds is 11. The molecule has 0 aliphatic carbocycles. The Bertz CT molecular complexity index is 664. The molecule has 0 unspecified atom stereocenters. The smallest absolute Gasteiger partial charge is 0.314 e. The minimum atomic E-state index is -3.73. The Labute approximate surface area is 149 Å². The zero-order valence-corrected chi connectivity index (χ0v) is 15.8. The fourth-order valence-corrected chi connectivity index (χ4v) is 3.08. The van der Waals surface area contributed by atoms with Gasteiger partial charge in [-0.2, -0.15) is 8.42 Å². The Balaban J connectivity index is 2.42.